The van der Waals surface area contributed by atoms with Crippen molar-refractivity contribution in [1.29, 1.82) is 0 Å². The number of benzene rings is 3. The van der Waals surface area contributed by atoms with E-state index in [2.05, 4.69) is 10.3 Å². The molecule has 3 aromatic carbocycles. The van der Waals surface area contributed by atoms with Crippen LogP contribution < -0.4 is 10.1 Å². The van der Waals surface area contributed by atoms with E-state index in [0.717, 1.165) is 11.1 Å². The lowest BCUT2D eigenvalue weighted by molar-refractivity contribution is -0.385. The lowest BCUT2D eigenvalue weighted by Crippen LogP contribution is -2.40. The zero-order valence-electron chi connectivity index (χ0n) is 18.2. The van der Waals surface area contributed by atoms with Crippen molar-refractivity contribution < 1.29 is 24.4 Å². The smallest absolute Gasteiger partial charge is 0.346 e. The van der Waals surface area contributed by atoms with Gasteiger partial charge < -0.3 is 15.2 Å². The number of carbonyl (C=O) groups is 2. The molecule has 1 aliphatic rings. The minimum absolute atomic E-state index is 0.108. The van der Waals surface area contributed by atoms with Gasteiger partial charge in [-0.1, -0.05) is 60.7 Å². The van der Waals surface area contributed by atoms with Crippen LogP contribution in [0.25, 0.3) is 0 Å². The Kier molecular flexibility index (Phi) is 6.35. The number of carbonyl (C=O) groups excluding carboxylic acids is 1. The summed E-state index contributed by atoms with van der Waals surface area (Å²) in [5.41, 5.74) is 1.26. The number of aromatic carboxylic acids is 1. The average Bonchev–Trinajstić information content (AvgIpc) is 2.84. The molecule has 0 bridgehead atoms. The second kappa shape index (κ2) is 9.53. The Labute approximate surface area is 194 Å². The van der Waals surface area contributed by atoms with Gasteiger partial charge >= 0.3 is 12.0 Å². The van der Waals surface area contributed by atoms with Crippen molar-refractivity contribution in [1.82, 2.24) is 5.32 Å². The summed E-state index contributed by atoms with van der Waals surface area (Å²) in [4.78, 5) is 39.8. The predicted octanol–water partition coefficient (Wildman–Crippen LogP) is 4.73. The molecule has 172 valence electrons. The zero-order chi connectivity index (χ0) is 24.2. The highest BCUT2D eigenvalue weighted by molar-refractivity contribution is 6.12. The average molecular weight is 459 g/mol. The summed E-state index contributed by atoms with van der Waals surface area (Å²) in [6, 6.07) is 19.8. The number of aliphatic imine (C=N–C) groups is 1. The minimum Gasteiger partial charge on any atom is -0.493 e. The number of carboxylic acid groups (broad SMARTS) is 1. The predicted molar refractivity (Wildman–Crippen MR) is 125 cm³/mol. The van der Waals surface area contributed by atoms with Gasteiger partial charge in [-0.2, -0.15) is 4.99 Å². The van der Waals surface area contributed by atoms with Crippen LogP contribution in [0.4, 0.5) is 10.5 Å². The molecule has 0 saturated carbocycles. The number of carboxylic acids is 1. The van der Waals surface area contributed by atoms with Gasteiger partial charge in [0.1, 0.15) is 5.75 Å². The van der Waals surface area contributed by atoms with Crippen molar-refractivity contribution in [3.05, 3.63) is 105 Å². The molecule has 9 nitrogen and oxygen atoms in total. The molecule has 2 N–H and O–H groups in total. The van der Waals surface area contributed by atoms with E-state index in [1.165, 1.54) is 12.1 Å². The molecule has 34 heavy (non-hydrogen) atoms. The first-order valence-electron chi connectivity index (χ1n) is 10.6. The van der Waals surface area contributed by atoms with Gasteiger partial charge in [0, 0.05) is 6.07 Å². The first-order chi connectivity index (χ1) is 16.4. The molecular formula is C25H21N3O6. The molecule has 3 aromatic rings. The van der Waals surface area contributed by atoms with Crippen LogP contribution in [0.1, 0.15) is 45.9 Å². The molecule has 0 saturated heterocycles. The number of nitro groups is 1. The molecule has 0 radical (unpaired) electrons. The van der Waals surface area contributed by atoms with Gasteiger partial charge in [-0.3, -0.25) is 10.1 Å². The Morgan fingerprint density at radius 3 is 2.32 bits per heavy atom. The SMILES string of the molecule is CCOc1cc(C2NC(=O)N=C(c3ccccc3)C2c2ccccc2)cc([N+](=O)[O-])c1C(=O)O. The molecule has 1 aliphatic heterocycles. The fourth-order valence-corrected chi connectivity index (χ4v) is 4.15. The summed E-state index contributed by atoms with van der Waals surface area (Å²) in [6.07, 6.45) is 0. The highest BCUT2D eigenvalue weighted by atomic mass is 16.6. The van der Waals surface area contributed by atoms with Crippen LogP contribution in [0, 0.1) is 10.1 Å². The van der Waals surface area contributed by atoms with Gasteiger partial charge in [-0.15, -0.1) is 0 Å². The standard InChI is InChI=1S/C25H21N3O6/c1-2-34-19-14-17(13-18(28(32)33)21(19)24(29)30)23-20(15-9-5-3-6-10-15)22(26-25(31)27-23)16-11-7-4-8-12-16/h3-14,20,23H,2H2,1H3,(H,27,31)(H,29,30). The number of nitro benzene ring substituents is 1. The van der Waals surface area contributed by atoms with Crippen molar-refractivity contribution in [3.63, 3.8) is 0 Å². The highest BCUT2D eigenvalue weighted by Gasteiger charge is 2.38. The van der Waals surface area contributed by atoms with Gasteiger partial charge in [0.05, 0.1) is 29.2 Å². The molecule has 9 heteroatoms. The van der Waals surface area contributed by atoms with Crippen LogP contribution in [0.15, 0.2) is 77.8 Å². The zero-order valence-corrected chi connectivity index (χ0v) is 18.2. The number of hydrogen-bond donors (Lipinski definition) is 2. The lowest BCUT2D eigenvalue weighted by atomic mass is 9.79. The van der Waals surface area contributed by atoms with Crippen LogP contribution in [-0.2, 0) is 0 Å². The fourth-order valence-electron chi connectivity index (χ4n) is 4.15. The molecule has 2 unspecified atom stereocenters. The van der Waals surface area contributed by atoms with Gasteiger partial charge in [-0.25, -0.2) is 9.59 Å². The largest absolute Gasteiger partial charge is 0.493 e. The van der Waals surface area contributed by atoms with Crippen molar-refractivity contribution in [2.75, 3.05) is 6.61 Å². The Morgan fingerprint density at radius 1 is 1.09 bits per heavy atom. The van der Waals surface area contributed by atoms with E-state index in [4.69, 9.17) is 4.74 Å². The van der Waals surface area contributed by atoms with E-state index in [-0.39, 0.29) is 12.4 Å². The minimum atomic E-state index is -1.47. The highest BCUT2D eigenvalue weighted by Crippen LogP contribution is 2.41. The first-order valence-corrected chi connectivity index (χ1v) is 10.6. The van der Waals surface area contributed by atoms with E-state index >= 15 is 0 Å². The molecule has 2 amide bonds. The van der Waals surface area contributed by atoms with Crippen LogP contribution in [-0.4, -0.2) is 34.3 Å². The van der Waals surface area contributed by atoms with E-state index < -0.39 is 40.1 Å². The van der Waals surface area contributed by atoms with E-state index in [1.54, 1.807) is 6.92 Å². The molecule has 0 aromatic heterocycles. The van der Waals surface area contributed by atoms with E-state index in [1.807, 2.05) is 60.7 Å². The maximum atomic E-state index is 12.7. The topological polar surface area (TPSA) is 131 Å². The van der Waals surface area contributed by atoms with Crippen LogP contribution >= 0.6 is 0 Å². The van der Waals surface area contributed by atoms with Crippen molar-refractivity contribution >= 4 is 23.4 Å². The second-order valence-corrected chi connectivity index (χ2v) is 7.59. The van der Waals surface area contributed by atoms with Crippen molar-refractivity contribution in [3.8, 4) is 5.75 Å². The maximum Gasteiger partial charge on any atom is 0.346 e. The third kappa shape index (κ3) is 4.36. The fraction of sp³-hybridized carbons (Fsp3) is 0.160. The second-order valence-electron chi connectivity index (χ2n) is 7.59. The molecule has 1 heterocycles. The number of rotatable bonds is 7. The van der Waals surface area contributed by atoms with E-state index in [9.17, 15) is 24.8 Å². The van der Waals surface area contributed by atoms with Crippen molar-refractivity contribution in [2.24, 2.45) is 4.99 Å². The van der Waals surface area contributed by atoms with Crippen LogP contribution in [0.3, 0.4) is 0 Å². The summed E-state index contributed by atoms with van der Waals surface area (Å²) >= 11 is 0. The molecule has 0 spiro atoms. The maximum absolute atomic E-state index is 12.7. The molecule has 2 atom stereocenters. The van der Waals surface area contributed by atoms with Crippen molar-refractivity contribution in [2.45, 2.75) is 18.9 Å². The number of urea groups is 1. The summed E-state index contributed by atoms with van der Waals surface area (Å²) in [5, 5.41) is 24.2. The van der Waals surface area contributed by atoms with Crippen LogP contribution in [0.5, 0.6) is 5.75 Å². The Bertz CT molecular complexity index is 1270. The number of hydrogen-bond acceptors (Lipinski definition) is 5. The number of amides is 2. The summed E-state index contributed by atoms with van der Waals surface area (Å²) in [6.45, 7) is 1.76. The first kappa shape index (κ1) is 22.7. The normalized spacial score (nSPS) is 17.4. The molecule has 0 fully saturated rings. The third-order valence-electron chi connectivity index (χ3n) is 5.53. The van der Waals surface area contributed by atoms with Gasteiger partial charge in [-0.05, 0) is 29.7 Å². The summed E-state index contributed by atoms with van der Waals surface area (Å²) in [7, 11) is 0. The number of nitrogens with one attached hydrogen (secondary N) is 1. The monoisotopic (exact) mass is 459 g/mol. The van der Waals surface area contributed by atoms with E-state index in [0.29, 0.717) is 11.3 Å². The molecular weight excluding hydrogens is 438 g/mol. The Morgan fingerprint density at radius 2 is 1.74 bits per heavy atom. The van der Waals surface area contributed by atoms with Gasteiger partial charge in [0.15, 0.2) is 5.56 Å². The third-order valence-corrected chi connectivity index (χ3v) is 5.53. The van der Waals surface area contributed by atoms with Crippen LogP contribution in [0.2, 0.25) is 0 Å². The Balaban J connectivity index is 1.95. The Hall–Kier alpha value is -4.53. The summed E-state index contributed by atoms with van der Waals surface area (Å²) < 4.78 is 5.47. The number of nitrogens with zero attached hydrogens (tertiary/aromatic N) is 2. The van der Waals surface area contributed by atoms with Gasteiger partial charge in [0.2, 0.25) is 0 Å². The molecule has 0 aliphatic carbocycles. The molecule has 4 rings (SSSR count). The van der Waals surface area contributed by atoms with Gasteiger partial charge in [0.25, 0.3) is 5.69 Å². The lowest BCUT2D eigenvalue weighted by Gasteiger charge is -2.33. The quantitative estimate of drug-likeness (QED) is 0.388. The summed E-state index contributed by atoms with van der Waals surface area (Å²) in [5.74, 6) is -2.10. The number of ether oxygens (including phenoxy) is 1.